The summed E-state index contributed by atoms with van der Waals surface area (Å²) in [6, 6.07) is 13.2. The molecule has 0 amide bonds. The van der Waals surface area contributed by atoms with E-state index < -0.39 is 0 Å². The molecule has 2 aromatic carbocycles. The van der Waals surface area contributed by atoms with Gasteiger partial charge in [0.15, 0.2) is 10.9 Å². The summed E-state index contributed by atoms with van der Waals surface area (Å²) in [4.78, 5) is 40.3. The molecular formula is C24H19FN4O2S. The highest BCUT2D eigenvalue weighted by Gasteiger charge is 2.15. The Kier molecular flexibility index (Phi) is 6.51. The molecule has 2 aromatic heterocycles. The summed E-state index contributed by atoms with van der Waals surface area (Å²) < 4.78 is 13.1. The van der Waals surface area contributed by atoms with Gasteiger partial charge in [0.25, 0.3) is 5.56 Å². The van der Waals surface area contributed by atoms with Gasteiger partial charge in [0.05, 0.1) is 5.69 Å². The van der Waals surface area contributed by atoms with Crippen LogP contribution in [0.4, 0.5) is 4.39 Å². The summed E-state index contributed by atoms with van der Waals surface area (Å²) in [5.74, 6) is 0.195. The molecule has 0 saturated carbocycles. The second kappa shape index (κ2) is 9.65. The van der Waals surface area contributed by atoms with Crippen LogP contribution in [-0.4, -0.2) is 25.7 Å². The first-order valence-corrected chi connectivity index (χ1v) is 10.8. The molecule has 160 valence electrons. The van der Waals surface area contributed by atoms with Gasteiger partial charge in [0.2, 0.25) is 0 Å². The van der Waals surface area contributed by atoms with Crippen LogP contribution in [0.5, 0.6) is 0 Å². The van der Waals surface area contributed by atoms with Gasteiger partial charge >= 0.3 is 0 Å². The number of nitrogens with one attached hydrogen (secondary N) is 1. The highest BCUT2D eigenvalue weighted by molar-refractivity contribution is 7.98. The number of H-pyrrole nitrogens is 1. The number of ketones is 1. The first kappa shape index (κ1) is 21.6. The number of Topliss-reactive ketones (excluding diaryl/α,β-unsaturated/α-hetero) is 1. The van der Waals surface area contributed by atoms with Crippen LogP contribution in [0.15, 0.2) is 77.2 Å². The molecule has 32 heavy (non-hydrogen) atoms. The zero-order chi connectivity index (χ0) is 22.5. The van der Waals surface area contributed by atoms with E-state index in [1.165, 1.54) is 37.1 Å². The topological polar surface area (TPSA) is 88.6 Å². The molecule has 0 radical (unpaired) electrons. The van der Waals surface area contributed by atoms with Crippen molar-refractivity contribution in [3.8, 4) is 11.3 Å². The highest BCUT2D eigenvalue weighted by atomic mass is 32.2. The predicted molar refractivity (Wildman–Crippen MR) is 121 cm³/mol. The van der Waals surface area contributed by atoms with Gasteiger partial charge in [-0.05, 0) is 30.2 Å². The lowest BCUT2D eigenvalue weighted by atomic mass is 10.0. The van der Waals surface area contributed by atoms with Gasteiger partial charge in [-0.2, -0.15) is 0 Å². The van der Waals surface area contributed by atoms with Gasteiger partial charge < -0.3 is 4.98 Å². The second-order valence-corrected chi connectivity index (χ2v) is 8.13. The number of carbonyl (C=O) groups is 1. The van der Waals surface area contributed by atoms with Gasteiger partial charge in [-0.3, -0.25) is 9.59 Å². The van der Waals surface area contributed by atoms with E-state index in [0.717, 1.165) is 16.7 Å². The van der Waals surface area contributed by atoms with Crippen molar-refractivity contribution in [2.24, 2.45) is 0 Å². The Balaban J connectivity index is 1.71. The van der Waals surface area contributed by atoms with Gasteiger partial charge in [0.1, 0.15) is 12.1 Å². The van der Waals surface area contributed by atoms with Crippen molar-refractivity contribution >= 4 is 17.5 Å². The summed E-state index contributed by atoms with van der Waals surface area (Å²) in [7, 11) is 0. The summed E-state index contributed by atoms with van der Waals surface area (Å²) in [5, 5.41) is 0.457. The second-order valence-electron chi connectivity index (χ2n) is 7.17. The quantitative estimate of drug-likeness (QED) is 0.256. The lowest BCUT2D eigenvalue weighted by Crippen LogP contribution is -2.17. The van der Waals surface area contributed by atoms with Gasteiger partial charge in [0, 0.05) is 41.3 Å². The molecule has 6 nitrogen and oxygen atoms in total. The Bertz CT molecular complexity index is 1290. The minimum Gasteiger partial charge on any atom is -0.301 e. The molecule has 0 aliphatic carbocycles. The average Bonchev–Trinajstić information content (AvgIpc) is 2.81. The van der Waals surface area contributed by atoms with Gasteiger partial charge in [-0.25, -0.2) is 19.3 Å². The van der Waals surface area contributed by atoms with Crippen molar-refractivity contribution in [3.63, 3.8) is 0 Å². The standard InChI is InChI=1S/C24H19FN4O2S/c1-15(30)18-4-6-19(7-5-18)22-21(10-17-11-26-14-27-12-17)23(31)29-24(28-22)32-13-16-2-8-20(25)9-3-16/h2-9,11-12,14H,10,13H2,1H3,(H,28,29,31). The van der Waals surface area contributed by atoms with Crippen molar-refractivity contribution < 1.29 is 9.18 Å². The summed E-state index contributed by atoms with van der Waals surface area (Å²) in [6.45, 7) is 1.51. The van der Waals surface area contributed by atoms with Crippen molar-refractivity contribution in [1.82, 2.24) is 19.9 Å². The van der Waals surface area contributed by atoms with Crippen LogP contribution in [-0.2, 0) is 12.2 Å². The zero-order valence-corrected chi connectivity index (χ0v) is 18.0. The Morgan fingerprint density at radius 3 is 2.34 bits per heavy atom. The maximum atomic E-state index is 13.1. The molecule has 8 heteroatoms. The lowest BCUT2D eigenvalue weighted by Gasteiger charge is -2.11. The fraction of sp³-hybridized carbons (Fsp3) is 0.125. The first-order valence-electron chi connectivity index (χ1n) is 9.85. The molecule has 0 bridgehead atoms. The summed E-state index contributed by atoms with van der Waals surface area (Å²) in [5.41, 5.74) is 3.79. The maximum absolute atomic E-state index is 13.1. The molecule has 4 aromatic rings. The number of aromatic nitrogens is 4. The predicted octanol–water partition coefficient (Wildman–Crippen LogP) is 4.45. The molecular weight excluding hydrogens is 427 g/mol. The van der Waals surface area contributed by atoms with E-state index in [2.05, 4.69) is 15.0 Å². The van der Waals surface area contributed by atoms with E-state index in [1.807, 2.05) is 0 Å². The molecule has 0 spiro atoms. The van der Waals surface area contributed by atoms with E-state index in [-0.39, 0.29) is 17.2 Å². The van der Waals surface area contributed by atoms with E-state index in [9.17, 15) is 14.0 Å². The molecule has 0 atom stereocenters. The van der Waals surface area contributed by atoms with E-state index in [0.29, 0.717) is 34.2 Å². The van der Waals surface area contributed by atoms with Crippen molar-refractivity contribution in [2.45, 2.75) is 24.3 Å². The zero-order valence-electron chi connectivity index (χ0n) is 17.2. The minimum absolute atomic E-state index is 0.0346. The molecule has 0 aliphatic rings. The van der Waals surface area contributed by atoms with E-state index in [1.54, 1.807) is 48.8 Å². The first-order chi connectivity index (χ1) is 15.5. The molecule has 0 aliphatic heterocycles. The van der Waals surface area contributed by atoms with Gasteiger partial charge in [-0.1, -0.05) is 48.2 Å². The molecule has 0 unspecified atom stereocenters. The fourth-order valence-corrected chi connectivity index (χ4v) is 3.99. The molecule has 4 rings (SSSR count). The Hall–Kier alpha value is -3.65. The highest BCUT2D eigenvalue weighted by Crippen LogP contribution is 2.26. The van der Waals surface area contributed by atoms with E-state index in [4.69, 9.17) is 4.98 Å². The lowest BCUT2D eigenvalue weighted by molar-refractivity contribution is 0.101. The Morgan fingerprint density at radius 2 is 1.69 bits per heavy atom. The van der Waals surface area contributed by atoms with Crippen molar-refractivity contribution in [3.05, 3.63) is 106 Å². The molecule has 1 N–H and O–H groups in total. The Labute approximate surface area is 188 Å². The van der Waals surface area contributed by atoms with Crippen molar-refractivity contribution in [1.29, 1.82) is 0 Å². The number of halogens is 1. The van der Waals surface area contributed by atoms with Crippen LogP contribution >= 0.6 is 11.8 Å². The SMILES string of the molecule is CC(=O)c1ccc(-c2nc(SCc3ccc(F)cc3)[nH]c(=O)c2Cc2cncnc2)cc1. The number of hydrogen-bond acceptors (Lipinski definition) is 6. The monoisotopic (exact) mass is 446 g/mol. The fourth-order valence-electron chi connectivity index (χ4n) is 3.17. The number of rotatable bonds is 7. The van der Waals surface area contributed by atoms with Crippen molar-refractivity contribution in [2.75, 3.05) is 0 Å². The smallest absolute Gasteiger partial charge is 0.255 e. The molecule has 0 saturated heterocycles. The normalized spacial score (nSPS) is 10.8. The number of aromatic amines is 1. The number of carbonyl (C=O) groups excluding carboxylic acids is 1. The molecule has 2 heterocycles. The van der Waals surface area contributed by atoms with Crippen LogP contribution in [0, 0.1) is 5.82 Å². The summed E-state index contributed by atoms with van der Waals surface area (Å²) in [6.07, 6.45) is 5.07. The minimum atomic E-state index is -0.296. The van der Waals surface area contributed by atoms with Crippen LogP contribution in [0.1, 0.15) is 34.0 Å². The maximum Gasteiger partial charge on any atom is 0.255 e. The van der Waals surface area contributed by atoms with E-state index >= 15 is 0 Å². The largest absolute Gasteiger partial charge is 0.301 e. The third-order valence-corrected chi connectivity index (χ3v) is 5.79. The number of hydrogen-bond donors (Lipinski definition) is 1. The third-order valence-electron chi connectivity index (χ3n) is 4.84. The van der Waals surface area contributed by atoms with Crippen LogP contribution in [0.2, 0.25) is 0 Å². The number of benzene rings is 2. The summed E-state index contributed by atoms with van der Waals surface area (Å²) >= 11 is 1.36. The van der Waals surface area contributed by atoms with Crippen LogP contribution in [0.3, 0.4) is 0 Å². The third kappa shape index (κ3) is 5.15. The number of thioether (sulfide) groups is 1. The Morgan fingerprint density at radius 1 is 1.00 bits per heavy atom. The van der Waals surface area contributed by atoms with Gasteiger partial charge in [-0.15, -0.1) is 0 Å². The average molecular weight is 447 g/mol. The number of nitrogens with zero attached hydrogens (tertiary/aromatic N) is 3. The molecule has 0 fully saturated rings. The van der Waals surface area contributed by atoms with Crippen LogP contribution in [0.25, 0.3) is 11.3 Å². The van der Waals surface area contributed by atoms with Crippen LogP contribution < -0.4 is 5.56 Å².